The van der Waals surface area contributed by atoms with Crippen LogP contribution in [0.1, 0.15) is 49.0 Å². The molecule has 0 atom stereocenters. The molecule has 2 rings (SSSR count). The summed E-state index contributed by atoms with van der Waals surface area (Å²) in [6, 6.07) is 6.29. The van der Waals surface area contributed by atoms with Crippen molar-refractivity contribution in [1.29, 1.82) is 0 Å². The van der Waals surface area contributed by atoms with E-state index in [0.717, 1.165) is 0 Å². The Bertz CT molecular complexity index is 1130. The fraction of sp³-hybridized carbons (Fsp3) is 0.435. The zero-order chi connectivity index (χ0) is 25.8. The van der Waals surface area contributed by atoms with Crippen molar-refractivity contribution in [1.82, 2.24) is 0 Å². The third kappa shape index (κ3) is 7.75. The molecule has 0 unspecified atom stereocenters. The lowest BCUT2D eigenvalue weighted by atomic mass is 9.75. The van der Waals surface area contributed by atoms with Gasteiger partial charge in [0.05, 0.1) is 5.56 Å². The van der Waals surface area contributed by atoms with Crippen molar-refractivity contribution in [2.75, 3.05) is 0 Å². The van der Waals surface area contributed by atoms with E-state index in [1.807, 2.05) is 19.6 Å². The molecule has 6 nitrogen and oxygen atoms in total. The van der Waals surface area contributed by atoms with Gasteiger partial charge in [0.1, 0.15) is 5.76 Å². The number of carbonyl (C=O) groups is 1. The average Bonchev–Trinajstić information content (AvgIpc) is 2.69. The molecule has 1 aromatic rings. The third-order valence-corrected chi connectivity index (χ3v) is 6.34. The summed E-state index contributed by atoms with van der Waals surface area (Å²) in [6.45, 7) is 9.23. The summed E-state index contributed by atoms with van der Waals surface area (Å²) in [6.07, 6.45) is 4.13. The normalized spacial score (nSPS) is 16.7. The Morgan fingerprint density at radius 3 is 2.32 bits per heavy atom. The van der Waals surface area contributed by atoms with Crippen LogP contribution in [0.25, 0.3) is 0 Å². The van der Waals surface area contributed by atoms with E-state index in [2.05, 4.69) is 16.0 Å². The largest absolute Gasteiger partial charge is 0.534 e. The number of allylic oxidation sites excluding steroid dienone is 4. The maximum absolute atomic E-state index is 12.8. The van der Waals surface area contributed by atoms with Gasteiger partial charge >= 0.3 is 21.6 Å². The smallest absolute Gasteiger partial charge is 0.380 e. The minimum absolute atomic E-state index is 0.0742. The quantitative estimate of drug-likeness (QED) is 0.118. The highest BCUT2D eigenvalue weighted by Gasteiger charge is 2.49. The van der Waals surface area contributed by atoms with Gasteiger partial charge in [0.25, 0.3) is 0 Å². The standard InChI is InChI=1S/C23H27F3O6SSi/c1-22(2)16-8-11-20(31-33(28,29)23(24,25)26)19(22)10-7-6-9-17-12-14-18(15-13-17)21(27)30-32-34(3,4)5/h7,10,12-15H,8,11,16H2,1-5H3/b10-7+. The molecule has 0 spiro atoms. The van der Waals surface area contributed by atoms with E-state index in [-0.39, 0.29) is 12.2 Å². The lowest BCUT2D eigenvalue weighted by Crippen LogP contribution is -2.28. The first-order valence-electron chi connectivity index (χ1n) is 10.4. The van der Waals surface area contributed by atoms with Crippen LogP contribution in [0, 0.1) is 17.3 Å². The van der Waals surface area contributed by atoms with Gasteiger partial charge in [0, 0.05) is 12.0 Å². The van der Waals surface area contributed by atoms with Crippen LogP contribution in [0.2, 0.25) is 19.6 Å². The highest BCUT2D eigenvalue weighted by Crippen LogP contribution is 2.42. The summed E-state index contributed by atoms with van der Waals surface area (Å²) in [5, 5.41) is 0. The number of hydrogen-bond donors (Lipinski definition) is 0. The van der Waals surface area contributed by atoms with Crippen molar-refractivity contribution in [3.63, 3.8) is 0 Å². The van der Waals surface area contributed by atoms with E-state index in [1.165, 1.54) is 24.3 Å². The first-order valence-corrected chi connectivity index (χ1v) is 15.3. The van der Waals surface area contributed by atoms with E-state index in [4.69, 9.17) is 9.46 Å². The Hall–Kier alpha value is -2.55. The van der Waals surface area contributed by atoms with Gasteiger partial charge in [-0.1, -0.05) is 25.7 Å². The van der Waals surface area contributed by atoms with Crippen LogP contribution < -0.4 is 0 Å². The van der Waals surface area contributed by atoms with Crippen molar-refractivity contribution in [2.45, 2.75) is 58.3 Å². The fourth-order valence-electron chi connectivity index (χ4n) is 3.07. The monoisotopic (exact) mass is 516 g/mol. The maximum atomic E-state index is 12.8. The van der Waals surface area contributed by atoms with E-state index in [9.17, 15) is 26.4 Å². The lowest BCUT2D eigenvalue weighted by molar-refractivity contribution is -0.159. The molecule has 1 aliphatic carbocycles. The second-order valence-corrected chi connectivity index (χ2v) is 15.2. The molecule has 0 bridgehead atoms. The second-order valence-electron chi connectivity index (χ2n) is 9.30. The summed E-state index contributed by atoms with van der Waals surface area (Å²) in [5.41, 5.74) is -4.87. The maximum Gasteiger partial charge on any atom is 0.534 e. The van der Waals surface area contributed by atoms with E-state index < -0.39 is 35.3 Å². The van der Waals surface area contributed by atoms with Gasteiger partial charge in [-0.3, -0.25) is 0 Å². The van der Waals surface area contributed by atoms with Crippen LogP contribution in [0.3, 0.4) is 0 Å². The molecule has 1 aliphatic rings. The fourth-order valence-corrected chi connectivity index (χ4v) is 3.93. The molecule has 0 heterocycles. The molecule has 0 aliphatic heterocycles. The van der Waals surface area contributed by atoms with Gasteiger partial charge < -0.3 is 9.07 Å². The first kappa shape index (κ1) is 27.7. The summed E-state index contributed by atoms with van der Waals surface area (Å²) < 4.78 is 70.9. The van der Waals surface area contributed by atoms with Gasteiger partial charge in [-0.2, -0.15) is 21.6 Å². The van der Waals surface area contributed by atoms with Crippen LogP contribution in [-0.2, 0) is 23.8 Å². The van der Waals surface area contributed by atoms with Crippen LogP contribution in [-0.4, -0.2) is 28.2 Å². The molecule has 0 radical (unpaired) electrons. The molecular formula is C23H27F3O6SSi. The molecular weight excluding hydrogens is 489 g/mol. The van der Waals surface area contributed by atoms with Gasteiger partial charge in [0.15, 0.2) is 0 Å². The summed E-state index contributed by atoms with van der Waals surface area (Å²) in [4.78, 5) is 16.8. The topological polar surface area (TPSA) is 78.9 Å². The average molecular weight is 517 g/mol. The van der Waals surface area contributed by atoms with Gasteiger partial charge in [-0.05, 0) is 79.9 Å². The lowest BCUT2D eigenvalue weighted by Gasteiger charge is -2.32. The number of halogens is 3. The Labute approximate surface area is 199 Å². The Morgan fingerprint density at radius 1 is 1.15 bits per heavy atom. The van der Waals surface area contributed by atoms with Gasteiger partial charge in [-0.15, -0.1) is 0 Å². The first-order chi connectivity index (χ1) is 15.5. The van der Waals surface area contributed by atoms with Gasteiger partial charge in [-0.25, -0.2) is 9.37 Å². The molecule has 11 heteroatoms. The number of benzene rings is 1. The molecule has 0 saturated heterocycles. The van der Waals surface area contributed by atoms with Crippen molar-refractivity contribution in [3.05, 3.63) is 58.9 Å². The zero-order valence-electron chi connectivity index (χ0n) is 19.6. The summed E-state index contributed by atoms with van der Waals surface area (Å²) in [7, 11) is -7.76. The van der Waals surface area contributed by atoms with Crippen LogP contribution in [0.5, 0.6) is 0 Å². The van der Waals surface area contributed by atoms with E-state index in [1.54, 1.807) is 26.0 Å². The Morgan fingerprint density at radius 2 is 1.76 bits per heavy atom. The van der Waals surface area contributed by atoms with Crippen LogP contribution >= 0.6 is 0 Å². The van der Waals surface area contributed by atoms with Crippen molar-refractivity contribution >= 4 is 24.4 Å². The highest BCUT2D eigenvalue weighted by atomic mass is 32.2. The van der Waals surface area contributed by atoms with Crippen molar-refractivity contribution < 1.29 is 40.0 Å². The number of alkyl halides is 3. The third-order valence-electron chi connectivity index (χ3n) is 4.77. The molecule has 0 N–H and O–H groups in total. The van der Waals surface area contributed by atoms with Gasteiger partial charge in [0.2, 0.25) is 8.32 Å². The van der Waals surface area contributed by atoms with E-state index >= 15 is 0 Å². The minimum Gasteiger partial charge on any atom is -0.380 e. The SMILES string of the molecule is CC1(C)CCCC(OS(=O)(=O)C(F)(F)F)=C1/C=C/C#Cc1ccc(C(=O)OO[Si](C)(C)C)cc1. The number of carbonyl (C=O) groups excluding carboxylic acids is 1. The predicted octanol–water partition coefficient (Wildman–Crippen LogP) is 5.85. The zero-order valence-corrected chi connectivity index (χ0v) is 21.4. The summed E-state index contributed by atoms with van der Waals surface area (Å²) in [5.74, 6) is 4.77. The molecule has 0 aromatic heterocycles. The molecule has 0 amide bonds. The van der Waals surface area contributed by atoms with E-state index in [0.29, 0.717) is 29.5 Å². The molecule has 0 fully saturated rings. The highest BCUT2D eigenvalue weighted by molar-refractivity contribution is 7.87. The van der Waals surface area contributed by atoms with Crippen LogP contribution in [0.15, 0.2) is 47.7 Å². The summed E-state index contributed by atoms with van der Waals surface area (Å²) >= 11 is 0. The van der Waals surface area contributed by atoms with Crippen LogP contribution in [0.4, 0.5) is 13.2 Å². The van der Waals surface area contributed by atoms with Crippen molar-refractivity contribution in [2.24, 2.45) is 5.41 Å². The van der Waals surface area contributed by atoms with Crippen molar-refractivity contribution in [3.8, 4) is 11.8 Å². The molecule has 0 saturated carbocycles. The number of hydrogen-bond acceptors (Lipinski definition) is 6. The second kappa shape index (κ2) is 10.4. The Kier molecular flexibility index (Phi) is 8.45. The Balaban J connectivity index is 2.18. The molecule has 186 valence electrons. The molecule has 1 aromatic carbocycles. The number of rotatable bonds is 6. The minimum atomic E-state index is -5.75. The predicted molar refractivity (Wildman–Crippen MR) is 123 cm³/mol. The molecule has 34 heavy (non-hydrogen) atoms.